The third kappa shape index (κ3) is 3.63. The highest BCUT2D eigenvalue weighted by atomic mass is 35.5. The molecule has 0 aliphatic rings. The second-order valence-corrected chi connectivity index (χ2v) is 4.86. The zero-order valence-corrected chi connectivity index (χ0v) is 11.1. The number of halogens is 1. The molecule has 17 heavy (non-hydrogen) atoms. The van der Waals surface area contributed by atoms with Gasteiger partial charge in [-0.3, -0.25) is 0 Å². The molecule has 3 nitrogen and oxygen atoms in total. The van der Waals surface area contributed by atoms with E-state index in [2.05, 4.69) is 5.32 Å². The molecule has 0 aliphatic carbocycles. The highest BCUT2D eigenvalue weighted by Gasteiger charge is 2.35. The van der Waals surface area contributed by atoms with E-state index < -0.39 is 6.04 Å². The minimum absolute atomic E-state index is 0.306. The molecule has 0 aliphatic heterocycles. The molecule has 0 amide bonds. The van der Waals surface area contributed by atoms with Crippen LogP contribution in [0.1, 0.15) is 13.8 Å². The van der Waals surface area contributed by atoms with Gasteiger partial charge in [0.2, 0.25) is 0 Å². The predicted octanol–water partition coefficient (Wildman–Crippen LogP) is 2.91. The van der Waals surface area contributed by atoms with Gasteiger partial charge in [-0.25, -0.2) is 4.79 Å². The molecule has 0 spiro atoms. The zero-order valence-electron chi connectivity index (χ0n) is 10.4. The van der Waals surface area contributed by atoms with Crippen LogP contribution in [0.15, 0.2) is 30.3 Å². The van der Waals surface area contributed by atoms with Crippen molar-refractivity contribution >= 4 is 23.3 Å². The summed E-state index contributed by atoms with van der Waals surface area (Å²) in [4.78, 5) is 11.8. The number of rotatable bonds is 5. The van der Waals surface area contributed by atoms with Crippen molar-refractivity contribution in [3.63, 3.8) is 0 Å². The summed E-state index contributed by atoms with van der Waals surface area (Å²) in [5.41, 5.74) is 0.492. The highest BCUT2D eigenvalue weighted by molar-refractivity contribution is 6.18. The first-order valence-electron chi connectivity index (χ1n) is 5.46. The van der Waals surface area contributed by atoms with Crippen LogP contribution in [0.2, 0.25) is 0 Å². The van der Waals surface area contributed by atoms with Gasteiger partial charge in [-0.2, -0.15) is 0 Å². The van der Waals surface area contributed by atoms with Gasteiger partial charge in [-0.15, -0.1) is 11.6 Å². The first-order chi connectivity index (χ1) is 8.01. The van der Waals surface area contributed by atoms with Crippen molar-refractivity contribution in [3.8, 4) is 0 Å². The van der Waals surface area contributed by atoms with Crippen LogP contribution in [0.5, 0.6) is 0 Å². The van der Waals surface area contributed by atoms with Gasteiger partial charge in [-0.05, 0) is 12.1 Å². The van der Waals surface area contributed by atoms with Crippen molar-refractivity contribution in [1.82, 2.24) is 0 Å². The number of methoxy groups -OCH3 is 1. The fraction of sp³-hybridized carbons (Fsp3) is 0.462. The second kappa shape index (κ2) is 5.92. The minimum atomic E-state index is -0.465. The lowest BCUT2D eigenvalue weighted by Gasteiger charge is -2.31. The summed E-state index contributed by atoms with van der Waals surface area (Å²) in [5, 5.41) is 3.16. The molecule has 1 aromatic carbocycles. The number of benzene rings is 1. The van der Waals surface area contributed by atoms with Crippen LogP contribution < -0.4 is 5.32 Å². The predicted molar refractivity (Wildman–Crippen MR) is 70.4 cm³/mol. The number of ether oxygens (including phenoxy) is 1. The van der Waals surface area contributed by atoms with Crippen LogP contribution in [-0.4, -0.2) is 25.0 Å². The van der Waals surface area contributed by atoms with Gasteiger partial charge in [-0.1, -0.05) is 32.0 Å². The zero-order chi connectivity index (χ0) is 12.9. The van der Waals surface area contributed by atoms with Crippen molar-refractivity contribution in [1.29, 1.82) is 0 Å². The van der Waals surface area contributed by atoms with E-state index in [0.717, 1.165) is 5.69 Å². The largest absolute Gasteiger partial charge is 0.467 e. The lowest BCUT2D eigenvalue weighted by Crippen LogP contribution is -2.44. The molecule has 1 rings (SSSR count). The summed E-state index contributed by atoms with van der Waals surface area (Å²) in [6.45, 7) is 3.86. The van der Waals surface area contributed by atoms with Gasteiger partial charge < -0.3 is 10.1 Å². The smallest absolute Gasteiger partial charge is 0.328 e. The molecular formula is C13H18ClNO2. The average molecular weight is 256 g/mol. The van der Waals surface area contributed by atoms with Gasteiger partial charge in [0.1, 0.15) is 6.04 Å². The second-order valence-electron chi connectivity index (χ2n) is 4.59. The number of para-hydroxylation sites is 1. The molecule has 0 heterocycles. The summed E-state index contributed by atoms with van der Waals surface area (Å²) in [6, 6.07) is 9.08. The van der Waals surface area contributed by atoms with Crippen LogP contribution >= 0.6 is 11.6 Å². The first-order valence-corrected chi connectivity index (χ1v) is 6.00. The molecule has 4 heteroatoms. The van der Waals surface area contributed by atoms with Crippen molar-refractivity contribution < 1.29 is 9.53 Å². The normalized spacial score (nSPS) is 12.9. The molecule has 0 bridgehead atoms. The van der Waals surface area contributed by atoms with E-state index >= 15 is 0 Å². The van der Waals surface area contributed by atoms with E-state index in [1.54, 1.807) is 0 Å². The van der Waals surface area contributed by atoms with Gasteiger partial charge in [0.15, 0.2) is 0 Å². The maximum absolute atomic E-state index is 11.8. The third-order valence-corrected chi connectivity index (χ3v) is 3.34. The minimum Gasteiger partial charge on any atom is -0.467 e. The Hall–Kier alpha value is -1.22. The molecule has 0 saturated heterocycles. The standard InChI is InChI=1S/C13H18ClNO2/c1-13(2,9-14)11(12(16)17-3)15-10-7-5-4-6-8-10/h4-8,11,15H,9H2,1-3H3. The number of esters is 1. The number of carbonyl (C=O) groups excluding carboxylic acids is 1. The summed E-state index contributed by atoms with van der Waals surface area (Å²) < 4.78 is 4.81. The molecule has 0 fully saturated rings. The number of anilines is 1. The molecule has 94 valence electrons. The molecule has 0 aromatic heterocycles. The van der Waals surface area contributed by atoms with Crippen LogP contribution in [0, 0.1) is 5.41 Å². The molecule has 1 unspecified atom stereocenters. The Labute approximate surface area is 107 Å². The number of hydrogen-bond acceptors (Lipinski definition) is 3. The highest BCUT2D eigenvalue weighted by Crippen LogP contribution is 2.26. The topological polar surface area (TPSA) is 38.3 Å². The molecule has 0 radical (unpaired) electrons. The Morgan fingerprint density at radius 2 is 2.00 bits per heavy atom. The van der Waals surface area contributed by atoms with Crippen LogP contribution in [-0.2, 0) is 9.53 Å². The van der Waals surface area contributed by atoms with E-state index in [-0.39, 0.29) is 11.4 Å². The summed E-state index contributed by atoms with van der Waals surface area (Å²) in [6.07, 6.45) is 0. The number of alkyl halides is 1. The summed E-state index contributed by atoms with van der Waals surface area (Å²) in [7, 11) is 1.38. The monoisotopic (exact) mass is 255 g/mol. The molecule has 1 atom stereocenters. The van der Waals surface area contributed by atoms with E-state index in [1.165, 1.54) is 7.11 Å². The Morgan fingerprint density at radius 1 is 1.41 bits per heavy atom. The number of hydrogen-bond donors (Lipinski definition) is 1. The lowest BCUT2D eigenvalue weighted by molar-refractivity contribution is -0.143. The third-order valence-electron chi connectivity index (χ3n) is 2.65. The fourth-order valence-corrected chi connectivity index (χ4v) is 1.62. The Kier molecular flexibility index (Phi) is 4.82. The Bertz CT molecular complexity index is 365. The van der Waals surface area contributed by atoms with Crippen molar-refractivity contribution in [3.05, 3.63) is 30.3 Å². The van der Waals surface area contributed by atoms with E-state index in [9.17, 15) is 4.79 Å². The van der Waals surface area contributed by atoms with E-state index in [0.29, 0.717) is 5.88 Å². The molecule has 0 saturated carbocycles. The molecular weight excluding hydrogens is 238 g/mol. The van der Waals surface area contributed by atoms with E-state index in [4.69, 9.17) is 16.3 Å². The fourth-order valence-electron chi connectivity index (χ4n) is 1.47. The van der Waals surface area contributed by atoms with Crippen LogP contribution in [0.3, 0.4) is 0 Å². The van der Waals surface area contributed by atoms with Crippen molar-refractivity contribution in [2.45, 2.75) is 19.9 Å². The van der Waals surface area contributed by atoms with Crippen molar-refractivity contribution in [2.24, 2.45) is 5.41 Å². The SMILES string of the molecule is COC(=O)C(Nc1ccccc1)C(C)(C)CCl. The van der Waals surface area contributed by atoms with Crippen LogP contribution in [0.4, 0.5) is 5.69 Å². The Balaban J connectivity index is 2.89. The lowest BCUT2D eigenvalue weighted by atomic mass is 9.86. The van der Waals surface area contributed by atoms with Gasteiger partial charge in [0.05, 0.1) is 7.11 Å². The van der Waals surface area contributed by atoms with Gasteiger partial charge >= 0.3 is 5.97 Å². The molecule has 1 aromatic rings. The number of nitrogens with one attached hydrogen (secondary N) is 1. The maximum Gasteiger partial charge on any atom is 0.328 e. The molecule has 1 N–H and O–H groups in total. The number of carbonyl (C=O) groups is 1. The first kappa shape index (κ1) is 13.8. The van der Waals surface area contributed by atoms with Gasteiger partial charge in [0, 0.05) is 17.0 Å². The average Bonchev–Trinajstić information content (AvgIpc) is 2.36. The Morgan fingerprint density at radius 3 is 2.47 bits per heavy atom. The van der Waals surface area contributed by atoms with E-state index in [1.807, 2.05) is 44.2 Å². The van der Waals surface area contributed by atoms with Gasteiger partial charge in [0.25, 0.3) is 0 Å². The maximum atomic E-state index is 11.8. The van der Waals surface area contributed by atoms with Crippen molar-refractivity contribution in [2.75, 3.05) is 18.3 Å². The summed E-state index contributed by atoms with van der Waals surface area (Å²) in [5.74, 6) is 0.0616. The van der Waals surface area contributed by atoms with Crippen LogP contribution in [0.25, 0.3) is 0 Å². The quantitative estimate of drug-likeness (QED) is 0.650. The summed E-state index contributed by atoms with van der Waals surface area (Å²) >= 11 is 5.91.